The lowest BCUT2D eigenvalue weighted by Crippen LogP contribution is -2.09. The maximum atomic E-state index is 11.3. The van der Waals surface area contributed by atoms with Crippen LogP contribution in [0.4, 0.5) is 0 Å². The van der Waals surface area contributed by atoms with Gasteiger partial charge in [0, 0.05) is 13.2 Å². The quantitative estimate of drug-likeness (QED) is 0.605. The first-order valence-corrected chi connectivity index (χ1v) is 3.57. The fourth-order valence-electron chi connectivity index (χ4n) is 0.821. The van der Waals surface area contributed by atoms with Crippen LogP contribution in [0.2, 0.25) is 0 Å². The van der Waals surface area contributed by atoms with E-state index in [1.807, 2.05) is 6.07 Å². The van der Waals surface area contributed by atoms with Crippen molar-refractivity contribution in [2.45, 2.75) is 6.92 Å². The van der Waals surface area contributed by atoms with Crippen LogP contribution in [0.5, 0.6) is 0 Å². The van der Waals surface area contributed by atoms with Crippen LogP contribution >= 0.6 is 0 Å². The van der Waals surface area contributed by atoms with Crippen LogP contribution in [0.15, 0.2) is 12.5 Å². The summed E-state index contributed by atoms with van der Waals surface area (Å²) in [5.74, 6) is -0.835. The van der Waals surface area contributed by atoms with E-state index in [1.165, 1.54) is 6.33 Å². The molecule has 0 saturated heterocycles. The van der Waals surface area contributed by atoms with Crippen molar-refractivity contribution in [2.75, 3.05) is 0 Å². The molecule has 4 heteroatoms. The van der Waals surface area contributed by atoms with E-state index in [1.54, 1.807) is 24.7 Å². The van der Waals surface area contributed by atoms with Gasteiger partial charge in [-0.2, -0.15) is 5.26 Å². The minimum atomic E-state index is -0.611. The fourth-order valence-corrected chi connectivity index (χ4v) is 0.821. The number of hydrogen-bond donors (Lipinski definition) is 0. The molecular weight excluding hydrogens is 154 g/mol. The van der Waals surface area contributed by atoms with E-state index in [4.69, 9.17) is 5.26 Å². The summed E-state index contributed by atoms with van der Waals surface area (Å²) in [6.45, 7) is 1.57. The van der Waals surface area contributed by atoms with E-state index in [0.717, 1.165) is 0 Å². The topological polar surface area (TPSA) is 58.7 Å². The maximum absolute atomic E-state index is 11.3. The molecule has 62 valence electrons. The third-order valence-corrected chi connectivity index (χ3v) is 1.54. The van der Waals surface area contributed by atoms with Gasteiger partial charge < -0.3 is 4.57 Å². The Morgan fingerprint density at radius 1 is 1.83 bits per heavy atom. The monoisotopic (exact) mass is 163 g/mol. The molecule has 4 nitrogen and oxygen atoms in total. The van der Waals surface area contributed by atoms with Gasteiger partial charge in [-0.3, -0.25) is 4.79 Å². The lowest BCUT2D eigenvalue weighted by Gasteiger charge is -1.95. The molecule has 0 fully saturated rings. The lowest BCUT2D eigenvalue weighted by atomic mass is 10.1. The minimum Gasteiger partial charge on any atom is -0.340 e. The highest BCUT2D eigenvalue weighted by Crippen LogP contribution is 2.04. The van der Waals surface area contributed by atoms with Gasteiger partial charge in [-0.1, -0.05) is 0 Å². The summed E-state index contributed by atoms with van der Waals surface area (Å²) in [5.41, 5.74) is 0.353. The molecule has 1 rings (SSSR count). The van der Waals surface area contributed by atoms with Gasteiger partial charge in [0.05, 0.1) is 12.4 Å². The number of hydrogen-bond acceptors (Lipinski definition) is 3. The van der Waals surface area contributed by atoms with Crippen LogP contribution in [-0.4, -0.2) is 15.3 Å². The number of ketones is 1. The van der Waals surface area contributed by atoms with Crippen LogP contribution in [0, 0.1) is 17.2 Å². The number of nitriles is 1. The number of aromatic nitrogens is 2. The molecule has 0 amide bonds. The molecule has 0 saturated carbocycles. The minimum absolute atomic E-state index is 0.224. The second-order valence-electron chi connectivity index (χ2n) is 2.64. The van der Waals surface area contributed by atoms with Gasteiger partial charge in [0.25, 0.3) is 0 Å². The van der Waals surface area contributed by atoms with Crippen LogP contribution in [0.3, 0.4) is 0 Å². The number of carbonyl (C=O) groups excluding carboxylic acids is 1. The SMILES string of the molecule is C[C@@H](C#N)C(=O)c1cn(C)cn1. The van der Waals surface area contributed by atoms with E-state index in [9.17, 15) is 4.79 Å². The van der Waals surface area contributed by atoms with Gasteiger partial charge >= 0.3 is 0 Å². The van der Waals surface area contributed by atoms with E-state index in [-0.39, 0.29) is 5.78 Å². The molecule has 0 unspecified atom stereocenters. The molecule has 0 aliphatic carbocycles. The summed E-state index contributed by atoms with van der Waals surface area (Å²) in [6.07, 6.45) is 3.15. The van der Waals surface area contributed by atoms with Gasteiger partial charge in [-0.15, -0.1) is 0 Å². The highest BCUT2D eigenvalue weighted by molar-refractivity contribution is 5.97. The van der Waals surface area contributed by atoms with E-state index >= 15 is 0 Å². The standard InChI is InChI=1S/C8H9N3O/c1-6(3-9)8(12)7-4-11(2)5-10-7/h4-6H,1-2H3/t6-/m0/s1. The summed E-state index contributed by atoms with van der Waals surface area (Å²) in [4.78, 5) is 15.1. The fraction of sp³-hybridized carbons (Fsp3) is 0.375. The predicted octanol–water partition coefficient (Wildman–Crippen LogP) is 0.762. The van der Waals surface area contributed by atoms with Gasteiger partial charge in [0.2, 0.25) is 0 Å². The zero-order valence-corrected chi connectivity index (χ0v) is 6.98. The molecule has 0 aromatic carbocycles. The van der Waals surface area contributed by atoms with Gasteiger partial charge in [-0.25, -0.2) is 4.98 Å². The molecule has 0 aliphatic rings. The number of imidazole rings is 1. The lowest BCUT2D eigenvalue weighted by molar-refractivity contribution is 0.0952. The van der Waals surface area contributed by atoms with Crippen LogP contribution < -0.4 is 0 Å². The Kier molecular flexibility index (Phi) is 2.24. The maximum Gasteiger partial charge on any atom is 0.199 e. The molecule has 0 N–H and O–H groups in total. The molecule has 0 radical (unpaired) electrons. The first-order chi connectivity index (χ1) is 5.65. The number of aryl methyl sites for hydroxylation is 1. The highest BCUT2D eigenvalue weighted by atomic mass is 16.1. The van der Waals surface area contributed by atoms with Gasteiger partial charge in [0.1, 0.15) is 11.6 Å². The summed E-state index contributed by atoms with van der Waals surface area (Å²) in [7, 11) is 1.78. The molecule has 1 aromatic heterocycles. The third-order valence-electron chi connectivity index (χ3n) is 1.54. The average molecular weight is 163 g/mol. The smallest absolute Gasteiger partial charge is 0.199 e. The second-order valence-corrected chi connectivity index (χ2v) is 2.64. The Morgan fingerprint density at radius 3 is 2.92 bits per heavy atom. The zero-order valence-electron chi connectivity index (χ0n) is 6.98. The van der Waals surface area contributed by atoms with Crippen LogP contribution in [-0.2, 0) is 7.05 Å². The van der Waals surface area contributed by atoms with Gasteiger partial charge in [0.15, 0.2) is 5.78 Å². The van der Waals surface area contributed by atoms with Crippen molar-refractivity contribution in [1.82, 2.24) is 9.55 Å². The summed E-state index contributed by atoms with van der Waals surface area (Å²) < 4.78 is 1.68. The molecule has 0 spiro atoms. The number of carbonyl (C=O) groups is 1. The van der Waals surface area contributed by atoms with E-state index < -0.39 is 5.92 Å². The number of nitrogens with zero attached hydrogens (tertiary/aromatic N) is 3. The summed E-state index contributed by atoms with van der Waals surface area (Å²) in [6, 6.07) is 1.87. The van der Waals surface area contributed by atoms with Crippen molar-refractivity contribution in [3.63, 3.8) is 0 Å². The second kappa shape index (κ2) is 3.18. The highest BCUT2D eigenvalue weighted by Gasteiger charge is 2.15. The van der Waals surface area contributed by atoms with Crippen LogP contribution in [0.25, 0.3) is 0 Å². The molecular formula is C8H9N3O. The molecule has 1 heterocycles. The van der Waals surface area contributed by atoms with Gasteiger partial charge in [-0.05, 0) is 6.92 Å². The molecule has 12 heavy (non-hydrogen) atoms. The van der Waals surface area contributed by atoms with Crippen molar-refractivity contribution in [1.29, 1.82) is 5.26 Å². The third kappa shape index (κ3) is 1.51. The Hall–Kier alpha value is -1.63. The van der Waals surface area contributed by atoms with Crippen molar-refractivity contribution in [3.05, 3.63) is 18.2 Å². The van der Waals surface area contributed by atoms with Crippen LogP contribution in [0.1, 0.15) is 17.4 Å². The van der Waals surface area contributed by atoms with Crippen molar-refractivity contribution >= 4 is 5.78 Å². The van der Waals surface area contributed by atoms with Crippen molar-refractivity contribution < 1.29 is 4.79 Å². The molecule has 1 atom stereocenters. The first-order valence-electron chi connectivity index (χ1n) is 3.57. The van der Waals surface area contributed by atoms with Crippen molar-refractivity contribution in [3.8, 4) is 6.07 Å². The number of Topliss-reactive ketones (excluding diaryl/α,β-unsaturated/α-hetero) is 1. The normalized spacial score (nSPS) is 12.1. The zero-order chi connectivity index (χ0) is 9.14. The summed E-state index contributed by atoms with van der Waals surface area (Å²) in [5, 5.41) is 8.47. The Labute approximate surface area is 70.4 Å². The first kappa shape index (κ1) is 8.47. The molecule has 0 aliphatic heterocycles. The average Bonchev–Trinajstić information content (AvgIpc) is 2.49. The number of rotatable bonds is 2. The Morgan fingerprint density at radius 2 is 2.50 bits per heavy atom. The Balaban J connectivity index is 2.87. The van der Waals surface area contributed by atoms with E-state index in [0.29, 0.717) is 5.69 Å². The largest absolute Gasteiger partial charge is 0.340 e. The van der Waals surface area contributed by atoms with E-state index in [2.05, 4.69) is 4.98 Å². The predicted molar refractivity (Wildman–Crippen MR) is 42.3 cm³/mol. The van der Waals surface area contributed by atoms with Crippen molar-refractivity contribution in [2.24, 2.45) is 13.0 Å². The molecule has 0 bridgehead atoms. The Bertz CT molecular complexity index is 334. The summed E-state index contributed by atoms with van der Waals surface area (Å²) >= 11 is 0. The molecule has 1 aromatic rings.